The zero-order valence-corrected chi connectivity index (χ0v) is 20.8. The Kier molecular flexibility index (Phi) is 6.53. The Morgan fingerprint density at radius 1 is 1.17 bits per heavy atom. The maximum Gasteiger partial charge on any atom is 0.255 e. The van der Waals surface area contributed by atoms with Crippen molar-refractivity contribution in [2.75, 3.05) is 20.3 Å². The fourth-order valence-electron chi connectivity index (χ4n) is 5.48. The van der Waals surface area contributed by atoms with E-state index in [1.807, 2.05) is 62.4 Å². The number of hydrogen-bond acceptors (Lipinski definition) is 4. The number of aromatic nitrogens is 1. The first-order valence-electron chi connectivity index (χ1n) is 12.5. The summed E-state index contributed by atoms with van der Waals surface area (Å²) in [5, 5.41) is 6.90. The molecule has 0 radical (unpaired) electrons. The molecular formula is C28H32N4O4. The number of methoxy groups -OCH3 is 1. The predicted molar refractivity (Wildman–Crippen MR) is 137 cm³/mol. The van der Waals surface area contributed by atoms with Crippen LogP contribution in [0.4, 0.5) is 0 Å². The van der Waals surface area contributed by atoms with E-state index >= 15 is 0 Å². The number of ether oxygens (including phenoxy) is 1. The number of hydrogen-bond donors (Lipinski definition) is 3. The molecule has 2 aliphatic rings. The van der Waals surface area contributed by atoms with Crippen LogP contribution in [-0.2, 0) is 20.7 Å². The van der Waals surface area contributed by atoms with Crippen LogP contribution in [0.3, 0.4) is 0 Å². The normalized spacial score (nSPS) is 19.9. The summed E-state index contributed by atoms with van der Waals surface area (Å²) in [6.07, 6.45) is 1.09. The molecule has 0 bridgehead atoms. The van der Waals surface area contributed by atoms with E-state index in [1.165, 1.54) is 0 Å². The summed E-state index contributed by atoms with van der Waals surface area (Å²) in [6.45, 7) is 4.68. The fourth-order valence-corrected chi connectivity index (χ4v) is 5.48. The number of nitrogens with one attached hydrogen (secondary N) is 3. The molecule has 0 aliphatic carbocycles. The van der Waals surface area contributed by atoms with E-state index < -0.39 is 12.1 Å². The first kappa shape index (κ1) is 24.1. The molecule has 2 aliphatic heterocycles. The Labute approximate surface area is 210 Å². The lowest BCUT2D eigenvalue weighted by atomic mass is 9.89. The summed E-state index contributed by atoms with van der Waals surface area (Å²) in [5.74, 6) is -0.800. The number of rotatable bonds is 8. The van der Waals surface area contributed by atoms with Gasteiger partial charge in [-0.15, -0.1) is 0 Å². The van der Waals surface area contributed by atoms with Crippen molar-refractivity contribution < 1.29 is 19.1 Å². The third-order valence-corrected chi connectivity index (χ3v) is 7.55. The molecule has 0 saturated carbocycles. The number of carbonyl (C=O) groups is 3. The number of benzene rings is 2. The molecule has 1 aromatic heterocycles. The van der Waals surface area contributed by atoms with Crippen molar-refractivity contribution in [1.29, 1.82) is 0 Å². The molecule has 0 fully saturated rings. The maximum absolute atomic E-state index is 13.9. The second kappa shape index (κ2) is 9.78. The average Bonchev–Trinajstić information content (AvgIpc) is 3.42. The third-order valence-electron chi connectivity index (χ3n) is 7.55. The van der Waals surface area contributed by atoms with Crippen molar-refractivity contribution in [1.82, 2.24) is 20.5 Å². The largest absolute Gasteiger partial charge is 0.383 e. The van der Waals surface area contributed by atoms with Gasteiger partial charge in [0, 0.05) is 42.2 Å². The van der Waals surface area contributed by atoms with Crippen molar-refractivity contribution in [3.8, 4) is 0 Å². The summed E-state index contributed by atoms with van der Waals surface area (Å²) in [6, 6.07) is 13.7. The zero-order valence-electron chi connectivity index (χ0n) is 20.8. The van der Waals surface area contributed by atoms with Crippen LogP contribution in [0.1, 0.15) is 53.5 Å². The van der Waals surface area contributed by atoms with Crippen LogP contribution < -0.4 is 10.6 Å². The van der Waals surface area contributed by atoms with Crippen LogP contribution in [-0.4, -0.2) is 60.0 Å². The Balaban J connectivity index is 1.52. The molecule has 3 aromatic rings. The van der Waals surface area contributed by atoms with Crippen LogP contribution in [0.15, 0.2) is 48.5 Å². The van der Waals surface area contributed by atoms with Gasteiger partial charge in [-0.3, -0.25) is 14.4 Å². The van der Waals surface area contributed by atoms with E-state index in [2.05, 4.69) is 15.6 Å². The maximum atomic E-state index is 13.9. The van der Waals surface area contributed by atoms with Gasteiger partial charge in [0.25, 0.3) is 5.91 Å². The van der Waals surface area contributed by atoms with Crippen LogP contribution in [0.25, 0.3) is 10.9 Å². The number of nitrogens with zero attached hydrogens (tertiary/aromatic N) is 1. The van der Waals surface area contributed by atoms with Gasteiger partial charge in [-0.05, 0) is 29.2 Å². The van der Waals surface area contributed by atoms with Gasteiger partial charge >= 0.3 is 0 Å². The van der Waals surface area contributed by atoms with Gasteiger partial charge in [0.05, 0.1) is 12.6 Å². The molecule has 8 heteroatoms. The van der Waals surface area contributed by atoms with Gasteiger partial charge in [0.2, 0.25) is 11.8 Å². The average molecular weight is 489 g/mol. The van der Waals surface area contributed by atoms with Gasteiger partial charge in [-0.1, -0.05) is 56.7 Å². The number of fused-ring (bicyclic) bond motifs is 7. The summed E-state index contributed by atoms with van der Waals surface area (Å²) in [5.41, 5.74) is 4.48. The Bertz CT molecular complexity index is 1320. The summed E-state index contributed by atoms with van der Waals surface area (Å²) < 4.78 is 5.04. The molecule has 3 heterocycles. The standard InChI is InChI=1S/C28H32N4O4/c1-4-16(2)23(27(34)29-13-14-36-3)31-26(33)22-15-20-17-9-7-8-12-21(17)30-24(20)25-18-10-5-6-11-19(18)28(35)32(22)25/h5-12,16,22-23,25,30H,4,13-15H2,1-3H3,(H,29,34)(H,31,33). The van der Waals surface area contributed by atoms with Crippen molar-refractivity contribution in [3.63, 3.8) is 0 Å². The predicted octanol–water partition coefficient (Wildman–Crippen LogP) is 2.93. The van der Waals surface area contributed by atoms with Crippen molar-refractivity contribution >= 4 is 28.6 Å². The fraction of sp³-hybridized carbons (Fsp3) is 0.393. The number of aromatic amines is 1. The lowest BCUT2D eigenvalue weighted by Crippen LogP contribution is -2.58. The smallest absolute Gasteiger partial charge is 0.255 e. The lowest BCUT2D eigenvalue weighted by molar-refractivity contribution is -0.133. The highest BCUT2D eigenvalue weighted by molar-refractivity contribution is 6.04. The number of carbonyl (C=O) groups excluding carboxylic acids is 3. The molecule has 3 amide bonds. The Morgan fingerprint density at radius 3 is 2.69 bits per heavy atom. The van der Waals surface area contributed by atoms with E-state index in [0.717, 1.165) is 34.1 Å². The van der Waals surface area contributed by atoms with Gasteiger partial charge < -0.3 is 25.3 Å². The molecule has 4 atom stereocenters. The first-order chi connectivity index (χ1) is 17.5. The first-order valence-corrected chi connectivity index (χ1v) is 12.5. The minimum atomic E-state index is -0.736. The summed E-state index contributed by atoms with van der Waals surface area (Å²) in [4.78, 5) is 45.6. The molecule has 0 spiro atoms. The second-order valence-corrected chi connectivity index (χ2v) is 9.64. The van der Waals surface area contributed by atoms with Gasteiger partial charge in [0.1, 0.15) is 12.1 Å². The van der Waals surface area contributed by atoms with E-state index in [4.69, 9.17) is 4.74 Å². The van der Waals surface area contributed by atoms with Crippen LogP contribution in [0.2, 0.25) is 0 Å². The Morgan fingerprint density at radius 2 is 1.92 bits per heavy atom. The molecule has 2 aromatic carbocycles. The van der Waals surface area contributed by atoms with Gasteiger partial charge in [0.15, 0.2) is 0 Å². The molecule has 36 heavy (non-hydrogen) atoms. The van der Waals surface area contributed by atoms with Crippen LogP contribution in [0.5, 0.6) is 0 Å². The number of para-hydroxylation sites is 1. The molecular weight excluding hydrogens is 456 g/mol. The van der Waals surface area contributed by atoms with Crippen molar-refractivity contribution in [3.05, 3.63) is 70.9 Å². The minimum Gasteiger partial charge on any atom is -0.383 e. The van der Waals surface area contributed by atoms with Crippen LogP contribution in [0, 0.1) is 5.92 Å². The minimum absolute atomic E-state index is 0.0778. The highest BCUT2D eigenvalue weighted by Gasteiger charge is 2.49. The lowest BCUT2D eigenvalue weighted by Gasteiger charge is -2.38. The topological polar surface area (TPSA) is 104 Å². The summed E-state index contributed by atoms with van der Waals surface area (Å²) >= 11 is 0. The molecule has 8 nitrogen and oxygen atoms in total. The van der Waals surface area contributed by atoms with Crippen molar-refractivity contribution in [2.24, 2.45) is 5.92 Å². The number of H-pyrrole nitrogens is 1. The Hall–Kier alpha value is -3.65. The SMILES string of the molecule is CCC(C)C(NC(=O)C1Cc2c([nH]c3ccccc23)C2c3ccccc3C(=O)N12)C(=O)NCCOC. The van der Waals surface area contributed by atoms with Crippen molar-refractivity contribution in [2.45, 2.75) is 44.8 Å². The monoisotopic (exact) mass is 488 g/mol. The molecule has 188 valence electrons. The second-order valence-electron chi connectivity index (χ2n) is 9.64. The van der Waals surface area contributed by atoms with E-state index in [9.17, 15) is 14.4 Å². The molecule has 3 N–H and O–H groups in total. The quantitative estimate of drug-likeness (QED) is 0.424. The highest BCUT2D eigenvalue weighted by Crippen LogP contribution is 2.46. The van der Waals surface area contributed by atoms with Crippen LogP contribution >= 0.6 is 0 Å². The van der Waals surface area contributed by atoms with E-state index in [1.54, 1.807) is 12.0 Å². The number of amides is 3. The molecule has 0 saturated heterocycles. The van der Waals surface area contributed by atoms with Gasteiger partial charge in [-0.25, -0.2) is 0 Å². The molecule has 4 unspecified atom stereocenters. The third kappa shape index (κ3) is 3.95. The summed E-state index contributed by atoms with van der Waals surface area (Å²) in [7, 11) is 1.57. The zero-order chi connectivity index (χ0) is 25.4. The van der Waals surface area contributed by atoms with E-state index in [-0.39, 0.29) is 29.7 Å². The highest BCUT2D eigenvalue weighted by atomic mass is 16.5. The van der Waals surface area contributed by atoms with E-state index in [0.29, 0.717) is 25.1 Å². The molecule has 5 rings (SSSR count). The van der Waals surface area contributed by atoms with Gasteiger partial charge in [-0.2, -0.15) is 0 Å².